The van der Waals surface area contributed by atoms with Crippen LogP contribution in [0, 0.1) is 5.82 Å². The Hall–Kier alpha value is -2.71. The average molecular weight is 426 g/mol. The first-order valence-corrected chi connectivity index (χ1v) is 11.1. The number of nitrogens with zero attached hydrogens (tertiary/aromatic N) is 4. The van der Waals surface area contributed by atoms with Crippen LogP contribution in [-0.2, 0) is 0 Å². The van der Waals surface area contributed by atoms with Crippen LogP contribution < -0.4 is 10.5 Å². The number of benzene rings is 1. The van der Waals surface area contributed by atoms with E-state index in [0.29, 0.717) is 11.4 Å². The molecule has 2 aliphatic heterocycles. The molecule has 8 heteroatoms. The molecule has 0 aliphatic carbocycles. The minimum absolute atomic E-state index is 0.101. The van der Waals surface area contributed by atoms with Gasteiger partial charge in [0.2, 0.25) is 0 Å². The van der Waals surface area contributed by atoms with Gasteiger partial charge in [-0.1, -0.05) is 0 Å². The first kappa shape index (κ1) is 19.3. The highest BCUT2D eigenvalue weighted by molar-refractivity contribution is 7.19. The number of nitrogen functional groups attached to an aromatic ring is 1. The second-order valence-electron chi connectivity index (χ2n) is 7.79. The summed E-state index contributed by atoms with van der Waals surface area (Å²) in [6.07, 6.45) is 6.29. The molecule has 1 unspecified atom stereocenters. The minimum atomic E-state index is -0.481. The van der Waals surface area contributed by atoms with Crippen LogP contribution in [0.4, 0.5) is 10.1 Å². The van der Waals surface area contributed by atoms with Crippen molar-refractivity contribution in [3.8, 4) is 11.5 Å². The van der Waals surface area contributed by atoms with Gasteiger partial charge in [0.05, 0.1) is 16.6 Å². The van der Waals surface area contributed by atoms with Crippen molar-refractivity contribution in [1.29, 1.82) is 0 Å². The lowest BCUT2D eigenvalue weighted by Gasteiger charge is -2.20. The number of rotatable bonds is 6. The third kappa shape index (κ3) is 3.97. The minimum Gasteiger partial charge on any atom is -0.453 e. The molecule has 0 spiro atoms. The van der Waals surface area contributed by atoms with Crippen LogP contribution in [-0.4, -0.2) is 53.8 Å². The van der Waals surface area contributed by atoms with Crippen LogP contribution in [0.25, 0.3) is 10.2 Å². The number of thiophene rings is 1. The molecule has 1 fully saturated rings. The first-order chi connectivity index (χ1) is 14.7. The maximum atomic E-state index is 14.2. The average Bonchev–Trinajstić information content (AvgIpc) is 3.49. The summed E-state index contributed by atoms with van der Waals surface area (Å²) in [6, 6.07) is 8.36. The van der Waals surface area contributed by atoms with Crippen molar-refractivity contribution >= 4 is 33.6 Å². The van der Waals surface area contributed by atoms with Crippen molar-refractivity contribution < 1.29 is 9.13 Å². The molecule has 2 N–H and O–H groups in total. The fraction of sp³-hybridized carbons (Fsp3) is 0.364. The van der Waals surface area contributed by atoms with Gasteiger partial charge in [0, 0.05) is 48.5 Å². The van der Waals surface area contributed by atoms with E-state index in [9.17, 15) is 4.39 Å². The number of likely N-dealkylation sites (tertiary alicyclic amines) is 1. The molecule has 0 amide bonds. The number of aromatic nitrogens is 1. The number of hydrogen-bond acceptors (Lipinski definition) is 7. The Kier molecular flexibility index (Phi) is 5.26. The van der Waals surface area contributed by atoms with Crippen molar-refractivity contribution in [3.63, 3.8) is 0 Å². The molecule has 6 nitrogen and oxygen atoms in total. The number of anilines is 1. The third-order valence-corrected chi connectivity index (χ3v) is 6.86. The predicted molar refractivity (Wildman–Crippen MR) is 119 cm³/mol. The Morgan fingerprint density at radius 3 is 2.83 bits per heavy atom. The van der Waals surface area contributed by atoms with Gasteiger partial charge in [-0.05, 0) is 44.1 Å². The van der Waals surface area contributed by atoms with Crippen LogP contribution in [0.3, 0.4) is 0 Å². The van der Waals surface area contributed by atoms with E-state index in [1.807, 2.05) is 6.34 Å². The van der Waals surface area contributed by atoms with E-state index >= 15 is 0 Å². The Morgan fingerprint density at radius 2 is 2.00 bits per heavy atom. The second-order valence-corrected chi connectivity index (χ2v) is 8.87. The Bertz CT molecular complexity index is 1080. The molecule has 3 aromatic rings. The SMILES string of the molecule is Nc1ccc(Oc2ccnc3cc(C4CN(CCN5CCCC5)C=N4)sc23)c(F)c1. The lowest BCUT2D eigenvalue weighted by molar-refractivity contribution is 0.297. The summed E-state index contributed by atoms with van der Waals surface area (Å²) in [5.74, 6) is 0.261. The predicted octanol–water partition coefficient (Wildman–Crippen LogP) is 4.29. The van der Waals surface area contributed by atoms with Crippen molar-refractivity contribution in [2.75, 3.05) is 38.5 Å². The van der Waals surface area contributed by atoms with Crippen LogP contribution in [0.1, 0.15) is 23.8 Å². The summed E-state index contributed by atoms with van der Waals surface area (Å²) in [6.45, 7) is 5.41. The summed E-state index contributed by atoms with van der Waals surface area (Å²) in [5, 5.41) is 0. The van der Waals surface area contributed by atoms with Gasteiger partial charge in [-0.3, -0.25) is 9.98 Å². The van der Waals surface area contributed by atoms with E-state index in [4.69, 9.17) is 15.5 Å². The monoisotopic (exact) mass is 425 g/mol. The third-order valence-electron chi connectivity index (χ3n) is 5.62. The molecular formula is C22H24FN5OS. The molecular weight excluding hydrogens is 401 g/mol. The lowest BCUT2D eigenvalue weighted by Crippen LogP contribution is -2.32. The number of pyridine rings is 1. The van der Waals surface area contributed by atoms with Crippen molar-refractivity contribution in [2.24, 2.45) is 4.99 Å². The molecule has 0 saturated carbocycles. The summed E-state index contributed by atoms with van der Waals surface area (Å²) in [4.78, 5) is 15.1. The number of nitrogens with two attached hydrogens (primary N) is 1. The summed E-state index contributed by atoms with van der Waals surface area (Å²) in [7, 11) is 0. The summed E-state index contributed by atoms with van der Waals surface area (Å²) < 4.78 is 20.9. The van der Waals surface area contributed by atoms with Crippen LogP contribution in [0.15, 0.2) is 41.5 Å². The smallest absolute Gasteiger partial charge is 0.167 e. The number of ether oxygens (including phenoxy) is 1. The zero-order chi connectivity index (χ0) is 20.5. The van der Waals surface area contributed by atoms with Gasteiger partial charge in [-0.2, -0.15) is 0 Å². The summed E-state index contributed by atoms with van der Waals surface area (Å²) in [5.41, 5.74) is 6.84. The van der Waals surface area contributed by atoms with Gasteiger partial charge >= 0.3 is 0 Å². The zero-order valence-electron chi connectivity index (χ0n) is 16.6. The van der Waals surface area contributed by atoms with Crippen molar-refractivity contribution in [3.05, 3.63) is 47.2 Å². The fourth-order valence-corrected chi connectivity index (χ4v) is 5.08. The molecule has 30 heavy (non-hydrogen) atoms. The summed E-state index contributed by atoms with van der Waals surface area (Å²) >= 11 is 1.61. The van der Waals surface area contributed by atoms with Crippen molar-refractivity contribution in [1.82, 2.24) is 14.8 Å². The molecule has 1 atom stereocenters. The standard InChI is InChI=1S/C22H24FN5OS/c23-16-11-15(24)3-4-19(16)29-20-5-6-25-17-12-21(30-22(17)20)18-13-28(14-26-18)10-9-27-7-1-2-8-27/h3-6,11-12,14,18H,1-2,7-10,13,24H2. The Balaban J connectivity index is 1.30. The first-order valence-electron chi connectivity index (χ1n) is 10.3. The van der Waals surface area contributed by atoms with E-state index in [-0.39, 0.29) is 11.8 Å². The number of halogens is 1. The normalized spacial score (nSPS) is 19.2. The molecule has 5 rings (SSSR count). The highest BCUT2D eigenvalue weighted by atomic mass is 32.1. The largest absolute Gasteiger partial charge is 0.453 e. The van der Waals surface area contributed by atoms with Crippen molar-refractivity contribution in [2.45, 2.75) is 18.9 Å². The van der Waals surface area contributed by atoms with Gasteiger partial charge in [0.1, 0.15) is 11.8 Å². The molecule has 0 radical (unpaired) electrons. The van der Waals surface area contributed by atoms with E-state index in [1.165, 1.54) is 32.0 Å². The van der Waals surface area contributed by atoms with E-state index < -0.39 is 5.82 Å². The van der Waals surface area contributed by atoms with E-state index in [0.717, 1.165) is 34.7 Å². The number of fused-ring (bicyclic) bond motifs is 1. The molecule has 4 heterocycles. The van der Waals surface area contributed by atoms with Gasteiger partial charge in [0.15, 0.2) is 11.6 Å². The van der Waals surface area contributed by atoms with Gasteiger partial charge in [0.25, 0.3) is 0 Å². The fourth-order valence-electron chi connectivity index (χ4n) is 3.98. The van der Waals surface area contributed by atoms with Crippen LogP contribution in [0.2, 0.25) is 0 Å². The lowest BCUT2D eigenvalue weighted by atomic mass is 10.2. The second kappa shape index (κ2) is 8.20. The molecule has 0 bridgehead atoms. The van der Waals surface area contributed by atoms with Gasteiger partial charge in [-0.15, -0.1) is 11.3 Å². The quantitative estimate of drug-likeness (QED) is 0.597. The Labute approximate surface area is 178 Å². The molecule has 156 valence electrons. The maximum absolute atomic E-state index is 14.2. The van der Waals surface area contributed by atoms with Crippen LogP contribution in [0.5, 0.6) is 11.5 Å². The number of hydrogen-bond donors (Lipinski definition) is 1. The zero-order valence-corrected chi connectivity index (χ0v) is 17.4. The van der Waals surface area contributed by atoms with E-state index in [2.05, 4.69) is 20.9 Å². The molecule has 1 aromatic carbocycles. The highest BCUT2D eigenvalue weighted by Gasteiger charge is 2.23. The maximum Gasteiger partial charge on any atom is 0.167 e. The van der Waals surface area contributed by atoms with Gasteiger partial charge in [-0.25, -0.2) is 4.39 Å². The topological polar surface area (TPSA) is 67.0 Å². The van der Waals surface area contributed by atoms with Crippen LogP contribution >= 0.6 is 11.3 Å². The molecule has 1 saturated heterocycles. The molecule has 2 aliphatic rings. The van der Waals surface area contributed by atoms with Gasteiger partial charge < -0.3 is 20.3 Å². The molecule has 2 aromatic heterocycles. The highest BCUT2D eigenvalue weighted by Crippen LogP contribution is 2.39. The van der Waals surface area contributed by atoms with E-state index in [1.54, 1.807) is 35.7 Å². The Morgan fingerprint density at radius 1 is 1.13 bits per heavy atom. The number of aliphatic imine (C=N–C) groups is 1.